The summed E-state index contributed by atoms with van der Waals surface area (Å²) in [7, 11) is 1.67. The van der Waals surface area contributed by atoms with Gasteiger partial charge in [-0.3, -0.25) is 0 Å². The first-order valence-corrected chi connectivity index (χ1v) is 5.29. The zero-order valence-corrected chi connectivity index (χ0v) is 9.40. The van der Waals surface area contributed by atoms with Crippen molar-refractivity contribution in [3.05, 3.63) is 36.1 Å². The van der Waals surface area contributed by atoms with Crippen LogP contribution in [0.3, 0.4) is 0 Å². The normalized spacial score (nSPS) is 10.5. The summed E-state index contributed by atoms with van der Waals surface area (Å²) in [6.45, 7) is 2.94. The highest BCUT2D eigenvalue weighted by molar-refractivity contribution is 5.50. The minimum atomic E-state index is 0.789. The van der Waals surface area contributed by atoms with E-state index >= 15 is 0 Å². The summed E-state index contributed by atoms with van der Waals surface area (Å²) in [4.78, 5) is 0. The highest BCUT2D eigenvalue weighted by Crippen LogP contribution is 2.13. The lowest BCUT2D eigenvalue weighted by Gasteiger charge is -2.00. The molecule has 0 fully saturated rings. The van der Waals surface area contributed by atoms with E-state index in [1.54, 1.807) is 13.4 Å². The molecular weight excluding hydrogens is 188 g/mol. The number of ether oxygens (including phenoxy) is 2. The average molecular weight is 206 g/mol. The van der Waals surface area contributed by atoms with E-state index in [-0.39, 0.29) is 0 Å². The summed E-state index contributed by atoms with van der Waals surface area (Å²) in [5.41, 5.74) is 1.09. The van der Waals surface area contributed by atoms with Gasteiger partial charge in [0.15, 0.2) is 0 Å². The Labute approximate surface area is 91.5 Å². The average Bonchev–Trinajstić information content (AvgIpc) is 2.29. The third-order valence-electron chi connectivity index (χ3n) is 2.07. The number of benzene rings is 1. The molecular formula is C13H18O2. The molecule has 0 radical (unpaired) electrons. The molecule has 2 heteroatoms. The van der Waals surface area contributed by atoms with E-state index in [4.69, 9.17) is 9.47 Å². The highest BCUT2D eigenvalue weighted by Gasteiger charge is 1.90. The van der Waals surface area contributed by atoms with Crippen molar-refractivity contribution in [3.63, 3.8) is 0 Å². The Hall–Kier alpha value is -1.44. The molecule has 15 heavy (non-hydrogen) atoms. The summed E-state index contributed by atoms with van der Waals surface area (Å²) in [6.07, 6.45) is 5.94. The lowest BCUT2D eigenvalue weighted by molar-refractivity contribution is 0.246. The van der Waals surface area contributed by atoms with E-state index in [0.29, 0.717) is 0 Å². The number of methoxy groups -OCH3 is 1. The minimum Gasteiger partial charge on any atom is -0.501 e. The van der Waals surface area contributed by atoms with Gasteiger partial charge in [-0.2, -0.15) is 0 Å². The van der Waals surface area contributed by atoms with E-state index in [1.807, 2.05) is 30.3 Å². The van der Waals surface area contributed by atoms with Crippen molar-refractivity contribution < 1.29 is 9.47 Å². The van der Waals surface area contributed by atoms with Crippen molar-refractivity contribution in [1.82, 2.24) is 0 Å². The number of hydrogen-bond donors (Lipinski definition) is 0. The van der Waals surface area contributed by atoms with Gasteiger partial charge in [-0.25, -0.2) is 0 Å². The molecule has 0 heterocycles. The summed E-state index contributed by atoms with van der Waals surface area (Å²) >= 11 is 0. The van der Waals surface area contributed by atoms with Crippen molar-refractivity contribution in [1.29, 1.82) is 0 Å². The lowest BCUT2D eigenvalue weighted by Crippen LogP contribution is -1.85. The van der Waals surface area contributed by atoms with Crippen LogP contribution in [-0.4, -0.2) is 13.7 Å². The van der Waals surface area contributed by atoms with E-state index in [2.05, 4.69) is 6.92 Å². The van der Waals surface area contributed by atoms with Gasteiger partial charge in [0, 0.05) is 0 Å². The second-order valence-electron chi connectivity index (χ2n) is 3.30. The van der Waals surface area contributed by atoms with Crippen LogP contribution in [-0.2, 0) is 4.74 Å². The van der Waals surface area contributed by atoms with Crippen LogP contribution in [0.2, 0.25) is 0 Å². The van der Waals surface area contributed by atoms with Crippen molar-refractivity contribution in [2.75, 3.05) is 13.7 Å². The zero-order chi connectivity index (χ0) is 10.9. The quantitative estimate of drug-likeness (QED) is 0.524. The molecule has 82 valence electrons. The first-order chi connectivity index (χ1) is 7.36. The van der Waals surface area contributed by atoms with Gasteiger partial charge >= 0.3 is 0 Å². The van der Waals surface area contributed by atoms with Crippen molar-refractivity contribution in [2.45, 2.75) is 19.8 Å². The molecule has 0 unspecified atom stereocenters. The van der Waals surface area contributed by atoms with Gasteiger partial charge in [0.1, 0.15) is 5.75 Å². The topological polar surface area (TPSA) is 18.5 Å². The standard InChI is InChI=1S/C13H18O2/c1-3-4-9-15-10-8-12-6-5-7-13(11-12)14-2/h5-8,10-11H,3-4,9H2,1-2H3. The van der Waals surface area contributed by atoms with Crippen LogP contribution in [0.5, 0.6) is 5.75 Å². The molecule has 1 rings (SSSR count). The molecule has 0 bridgehead atoms. The molecule has 2 nitrogen and oxygen atoms in total. The highest BCUT2D eigenvalue weighted by atomic mass is 16.5. The van der Waals surface area contributed by atoms with Crippen LogP contribution in [0.4, 0.5) is 0 Å². The molecule has 0 aliphatic heterocycles. The first kappa shape index (κ1) is 11.6. The summed E-state index contributed by atoms with van der Waals surface area (Å²) in [5, 5.41) is 0. The summed E-state index contributed by atoms with van der Waals surface area (Å²) in [6, 6.07) is 7.88. The minimum absolute atomic E-state index is 0.789. The Morgan fingerprint density at radius 1 is 1.33 bits per heavy atom. The molecule has 1 aromatic carbocycles. The van der Waals surface area contributed by atoms with Crippen LogP contribution < -0.4 is 4.74 Å². The van der Waals surface area contributed by atoms with Gasteiger partial charge in [-0.1, -0.05) is 25.5 Å². The number of unbranched alkanes of at least 4 members (excludes halogenated alkanes) is 1. The molecule has 0 atom stereocenters. The summed E-state index contributed by atoms with van der Waals surface area (Å²) in [5.74, 6) is 0.866. The maximum atomic E-state index is 5.33. The SMILES string of the molecule is CCCCOC=Cc1cccc(OC)c1. The van der Waals surface area contributed by atoms with Crippen molar-refractivity contribution in [3.8, 4) is 5.75 Å². The first-order valence-electron chi connectivity index (χ1n) is 5.29. The molecule has 0 N–H and O–H groups in total. The fourth-order valence-corrected chi connectivity index (χ4v) is 1.17. The molecule has 0 aromatic heterocycles. The van der Waals surface area contributed by atoms with E-state index < -0.39 is 0 Å². The van der Waals surface area contributed by atoms with Gasteiger partial charge in [-0.05, 0) is 30.2 Å². The maximum absolute atomic E-state index is 5.33. The lowest BCUT2D eigenvalue weighted by atomic mass is 10.2. The van der Waals surface area contributed by atoms with Crippen molar-refractivity contribution >= 4 is 6.08 Å². The van der Waals surface area contributed by atoms with Gasteiger partial charge in [0.2, 0.25) is 0 Å². The molecule has 0 spiro atoms. The second-order valence-corrected chi connectivity index (χ2v) is 3.30. The van der Waals surface area contributed by atoms with Gasteiger partial charge < -0.3 is 9.47 Å². The smallest absolute Gasteiger partial charge is 0.119 e. The molecule has 0 saturated heterocycles. The molecule has 0 amide bonds. The molecule has 0 saturated carbocycles. The van der Waals surface area contributed by atoms with E-state index in [1.165, 1.54) is 0 Å². The van der Waals surface area contributed by atoms with Crippen LogP contribution in [0, 0.1) is 0 Å². The van der Waals surface area contributed by atoms with E-state index in [9.17, 15) is 0 Å². The largest absolute Gasteiger partial charge is 0.501 e. The zero-order valence-electron chi connectivity index (χ0n) is 9.40. The van der Waals surface area contributed by atoms with Crippen LogP contribution >= 0.6 is 0 Å². The summed E-state index contributed by atoms with van der Waals surface area (Å²) < 4.78 is 10.5. The Balaban J connectivity index is 2.41. The van der Waals surface area contributed by atoms with Gasteiger partial charge in [0.25, 0.3) is 0 Å². The van der Waals surface area contributed by atoms with Crippen LogP contribution in [0.15, 0.2) is 30.5 Å². The maximum Gasteiger partial charge on any atom is 0.119 e. The predicted molar refractivity (Wildman–Crippen MR) is 62.9 cm³/mol. The predicted octanol–water partition coefficient (Wildman–Crippen LogP) is 3.48. The fraction of sp³-hybridized carbons (Fsp3) is 0.385. The Morgan fingerprint density at radius 2 is 2.20 bits per heavy atom. The third-order valence-corrected chi connectivity index (χ3v) is 2.07. The molecule has 1 aromatic rings. The fourth-order valence-electron chi connectivity index (χ4n) is 1.17. The van der Waals surface area contributed by atoms with Crippen LogP contribution in [0.1, 0.15) is 25.3 Å². The molecule has 0 aliphatic carbocycles. The Kier molecular flexibility index (Phi) is 5.38. The van der Waals surface area contributed by atoms with E-state index in [0.717, 1.165) is 30.8 Å². The Bertz CT molecular complexity index is 305. The van der Waals surface area contributed by atoms with Gasteiger partial charge in [0.05, 0.1) is 20.0 Å². The molecule has 0 aliphatic rings. The third kappa shape index (κ3) is 4.54. The Morgan fingerprint density at radius 3 is 2.93 bits per heavy atom. The van der Waals surface area contributed by atoms with Crippen LogP contribution in [0.25, 0.3) is 6.08 Å². The number of rotatable bonds is 6. The van der Waals surface area contributed by atoms with Gasteiger partial charge in [-0.15, -0.1) is 0 Å². The number of hydrogen-bond acceptors (Lipinski definition) is 2. The second kappa shape index (κ2) is 6.93. The monoisotopic (exact) mass is 206 g/mol. The van der Waals surface area contributed by atoms with Crippen molar-refractivity contribution in [2.24, 2.45) is 0 Å².